The molecule has 0 unspecified atom stereocenters. The second-order valence-electron chi connectivity index (χ2n) is 8.92. The number of unbranched alkanes of at least 4 members (excludes halogenated alkanes) is 4. The van der Waals surface area contributed by atoms with Crippen LogP contribution >= 0.6 is 0 Å². The second-order valence-corrected chi connectivity index (χ2v) is 8.92. The van der Waals surface area contributed by atoms with Crippen molar-refractivity contribution >= 4 is 11.6 Å². The lowest BCUT2D eigenvalue weighted by atomic mass is 10.1. The van der Waals surface area contributed by atoms with E-state index in [0.717, 1.165) is 57.4 Å². The van der Waals surface area contributed by atoms with Crippen LogP contribution in [-0.4, -0.2) is 59.4 Å². The highest BCUT2D eigenvalue weighted by molar-refractivity contribution is 5.94. The first-order valence-electron chi connectivity index (χ1n) is 12.7. The van der Waals surface area contributed by atoms with E-state index >= 15 is 0 Å². The number of carbonyl (C=O) groups excluding carboxylic acids is 1. The van der Waals surface area contributed by atoms with E-state index in [2.05, 4.69) is 29.3 Å². The van der Waals surface area contributed by atoms with Crippen molar-refractivity contribution in [2.24, 2.45) is 5.73 Å². The topological polar surface area (TPSA) is 98.8 Å². The molecule has 6 nitrogen and oxygen atoms in total. The summed E-state index contributed by atoms with van der Waals surface area (Å²) in [5, 5.41) is 21.4. The SMILES string of the molecule is CCCCCCN(CCCC[C@H](O)CO)CCCc1ccc(NC(=O)[C@@H](N)CCC)cc1. The highest BCUT2D eigenvalue weighted by Crippen LogP contribution is 2.13. The van der Waals surface area contributed by atoms with Crippen molar-refractivity contribution in [3.63, 3.8) is 0 Å². The number of aliphatic hydroxyl groups excluding tert-OH is 2. The van der Waals surface area contributed by atoms with Crippen LogP contribution < -0.4 is 11.1 Å². The van der Waals surface area contributed by atoms with Gasteiger partial charge in [-0.1, -0.05) is 51.7 Å². The van der Waals surface area contributed by atoms with E-state index in [9.17, 15) is 9.90 Å². The third-order valence-corrected chi connectivity index (χ3v) is 5.90. The Hall–Kier alpha value is -1.47. The molecule has 0 spiro atoms. The van der Waals surface area contributed by atoms with E-state index < -0.39 is 12.1 Å². The zero-order valence-corrected chi connectivity index (χ0v) is 20.4. The van der Waals surface area contributed by atoms with Crippen LogP contribution in [0.4, 0.5) is 5.69 Å². The zero-order chi connectivity index (χ0) is 23.6. The quantitative estimate of drug-likeness (QED) is 0.238. The molecule has 1 aromatic rings. The molecule has 0 aliphatic heterocycles. The molecule has 0 aliphatic carbocycles. The largest absolute Gasteiger partial charge is 0.394 e. The average Bonchev–Trinajstić information content (AvgIpc) is 2.80. The Morgan fingerprint density at radius 3 is 2.22 bits per heavy atom. The van der Waals surface area contributed by atoms with Gasteiger partial charge in [0.05, 0.1) is 18.8 Å². The maximum atomic E-state index is 12.1. The average molecular weight is 450 g/mol. The van der Waals surface area contributed by atoms with Gasteiger partial charge in [-0.25, -0.2) is 0 Å². The van der Waals surface area contributed by atoms with Crippen LogP contribution in [0.5, 0.6) is 0 Å². The van der Waals surface area contributed by atoms with Gasteiger partial charge in [0.15, 0.2) is 0 Å². The molecule has 1 aromatic carbocycles. The van der Waals surface area contributed by atoms with Gasteiger partial charge in [0, 0.05) is 5.69 Å². The van der Waals surface area contributed by atoms with Crippen LogP contribution in [-0.2, 0) is 11.2 Å². The Kier molecular flexibility index (Phi) is 16.1. The molecular formula is C26H47N3O3. The monoisotopic (exact) mass is 449 g/mol. The molecule has 2 atom stereocenters. The molecule has 1 rings (SSSR count). The number of aryl methyl sites for hydroxylation is 1. The molecule has 1 amide bonds. The number of hydrogen-bond donors (Lipinski definition) is 4. The summed E-state index contributed by atoms with van der Waals surface area (Å²) in [4.78, 5) is 14.6. The van der Waals surface area contributed by atoms with Gasteiger partial charge in [-0.15, -0.1) is 0 Å². The second kappa shape index (κ2) is 18.0. The van der Waals surface area contributed by atoms with E-state index in [1.165, 1.54) is 31.2 Å². The molecule has 0 saturated carbocycles. The summed E-state index contributed by atoms with van der Waals surface area (Å²) in [5.41, 5.74) is 7.95. The number of nitrogens with one attached hydrogen (secondary N) is 1. The highest BCUT2D eigenvalue weighted by Gasteiger charge is 2.12. The van der Waals surface area contributed by atoms with Crippen molar-refractivity contribution in [1.82, 2.24) is 4.90 Å². The Labute approximate surface area is 195 Å². The molecule has 0 heterocycles. The molecule has 0 aliphatic rings. The summed E-state index contributed by atoms with van der Waals surface area (Å²) in [5.74, 6) is -0.121. The number of nitrogens with zero attached hydrogens (tertiary/aromatic N) is 1. The number of anilines is 1. The first kappa shape index (κ1) is 28.6. The zero-order valence-electron chi connectivity index (χ0n) is 20.4. The summed E-state index contributed by atoms with van der Waals surface area (Å²) in [6.07, 6.45) is 10.9. The van der Waals surface area contributed by atoms with Crippen LogP contribution in [0.3, 0.4) is 0 Å². The predicted molar refractivity (Wildman–Crippen MR) is 134 cm³/mol. The van der Waals surface area contributed by atoms with E-state index in [4.69, 9.17) is 10.8 Å². The van der Waals surface area contributed by atoms with Crippen molar-refractivity contribution in [3.05, 3.63) is 29.8 Å². The van der Waals surface area contributed by atoms with Gasteiger partial charge < -0.3 is 26.2 Å². The van der Waals surface area contributed by atoms with Crippen molar-refractivity contribution in [3.8, 4) is 0 Å². The summed E-state index contributed by atoms with van der Waals surface area (Å²) in [7, 11) is 0. The minimum Gasteiger partial charge on any atom is -0.394 e. The summed E-state index contributed by atoms with van der Waals surface area (Å²) >= 11 is 0. The number of carbonyl (C=O) groups is 1. The molecule has 184 valence electrons. The fraction of sp³-hybridized carbons (Fsp3) is 0.731. The van der Waals surface area contributed by atoms with Crippen LogP contribution in [0.2, 0.25) is 0 Å². The smallest absolute Gasteiger partial charge is 0.241 e. The lowest BCUT2D eigenvalue weighted by Gasteiger charge is -2.22. The number of aliphatic hydroxyl groups is 2. The molecule has 0 saturated heterocycles. The minimum atomic E-state index is -0.580. The van der Waals surface area contributed by atoms with Gasteiger partial charge >= 0.3 is 0 Å². The van der Waals surface area contributed by atoms with Crippen LogP contribution in [0.25, 0.3) is 0 Å². The molecule has 6 heteroatoms. The molecule has 5 N–H and O–H groups in total. The van der Waals surface area contributed by atoms with Crippen LogP contribution in [0, 0.1) is 0 Å². The maximum absolute atomic E-state index is 12.1. The number of amides is 1. The number of nitrogens with two attached hydrogens (primary N) is 1. The standard InChI is InChI=1S/C26H47N3O3/c1-3-5-6-8-18-29(19-9-7-13-24(31)21-30)20-10-12-22-14-16-23(17-15-22)28-26(32)25(27)11-4-2/h14-17,24-25,30-31H,3-13,18-21,27H2,1-2H3,(H,28,32)/t24-,25-/m0/s1. The number of benzene rings is 1. The predicted octanol–water partition coefficient (Wildman–Crippen LogP) is 4.09. The first-order valence-corrected chi connectivity index (χ1v) is 12.7. The summed E-state index contributed by atoms with van der Waals surface area (Å²) < 4.78 is 0. The Morgan fingerprint density at radius 1 is 0.938 bits per heavy atom. The number of hydrogen-bond acceptors (Lipinski definition) is 5. The van der Waals surface area contributed by atoms with E-state index in [1.54, 1.807) is 0 Å². The lowest BCUT2D eigenvalue weighted by molar-refractivity contribution is -0.117. The van der Waals surface area contributed by atoms with Crippen molar-refractivity contribution in [2.75, 3.05) is 31.6 Å². The molecule has 0 radical (unpaired) electrons. The van der Waals surface area contributed by atoms with E-state index in [-0.39, 0.29) is 12.5 Å². The van der Waals surface area contributed by atoms with Gasteiger partial charge in [0.1, 0.15) is 0 Å². The molecule has 0 bridgehead atoms. The van der Waals surface area contributed by atoms with Gasteiger partial charge in [-0.2, -0.15) is 0 Å². The number of rotatable bonds is 19. The summed E-state index contributed by atoms with van der Waals surface area (Å²) in [6, 6.07) is 7.64. The lowest BCUT2D eigenvalue weighted by Crippen LogP contribution is -2.35. The Morgan fingerprint density at radius 2 is 1.59 bits per heavy atom. The van der Waals surface area contributed by atoms with Gasteiger partial charge in [0.25, 0.3) is 0 Å². The normalized spacial score (nSPS) is 13.3. The van der Waals surface area contributed by atoms with Crippen LogP contribution in [0.1, 0.15) is 83.6 Å². The van der Waals surface area contributed by atoms with Crippen molar-refractivity contribution in [1.29, 1.82) is 0 Å². The molecular weight excluding hydrogens is 402 g/mol. The fourth-order valence-electron chi connectivity index (χ4n) is 3.84. The molecule has 0 aromatic heterocycles. The van der Waals surface area contributed by atoms with Gasteiger partial charge in [-0.3, -0.25) is 4.79 Å². The highest BCUT2D eigenvalue weighted by atomic mass is 16.3. The first-order chi connectivity index (χ1) is 15.5. The maximum Gasteiger partial charge on any atom is 0.241 e. The summed E-state index contributed by atoms with van der Waals surface area (Å²) in [6.45, 7) is 7.36. The van der Waals surface area contributed by atoms with Crippen molar-refractivity contribution < 1.29 is 15.0 Å². The van der Waals surface area contributed by atoms with Gasteiger partial charge in [0.2, 0.25) is 5.91 Å². The fourth-order valence-corrected chi connectivity index (χ4v) is 3.84. The van der Waals surface area contributed by atoms with Crippen LogP contribution in [0.15, 0.2) is 24.3 Å². The minimum absolute atomic E-state index is 0.121. The third kappa shape index (κ3) is 13.2. The molecule has 32 heavy (non-hydrogen) atoms. The third-order valence-electron chi connectivity index (χ3n) is 5.90. The Bertz CT molecular complexity index is 594. The molecule has 0 fully saturated rings. The Balaban J connectivity index is 2.41. The van der Waals surface area contributed by atoms with E-state index in [1.807, 2.05) is 19.1 Å². The van der Waals surface area contributed by atoms with E-state index in [0.29, 0.717) is 12.8 Å². The van der Waals surface area contributed by atoms with Gasteiger partial charge in [-0.05, 0) is 82.3 Å². The van der Waals surface area contributed by atoms with Crippen molar-refractivity contribution in [2.45, 2.75) is 96.6 Å².